The normalized spacial score (nSPS) is 10.7. The number of para-hydroxylation sites is 1. The van der Waals surface area contributed by atoms with E-state index in [0.29, 0.717) is 28.6 Å². The largest absolute Gasteiger partial charge is 0.489 e. The Kier molecular flexibility index (Phi) is 7.40. The van der Waals surface area contributed by atoms with Crippen molar-refractivity contribution in [2.75, 3.05) is 5.32 Å². The monoisotopic (exact) mass is 435 g/mol. The Morgan fingerprint density at radius 1 is 0.968 bits per heavy atom. The molecule has 0 aliphatic heterocycles. The van der Waals surface area contributed by atoms with Gasteiger partial charge in [-0.05, 0) is 60.4 Å². The first-order valence-corrected chi connectivity index (χ1v) is 9.98. The molecule has 0 heterocycles. The molecule has 6 nitrogen and oxygen atoms in total. The highest BCUT2D eigenvalue weighted by Crippen LogP contribution is 2.19. The van der Waals surface area contributed by atoms with Crippen LogP contribution in [0.1, 0.15) is 22.3 Å². The Balaban J connectivity index is 1.54. The van der Waals surface area contributed by atoms with Crippen molar-refractivity contribution in [1.29, 1.82) is 0 Å². The molecule has 2 amide bonds. The average molecular weight is 436 g/mol. The molecule has 3 aromatic rings. The number of halogens is 1. The van der Waals surface area contributed by atoms with Gasteiger partial charge in [0.25, 0.3) is 0 Å². The van der Waals surface area contributed by atoms with Crippen LogP contribution >= 0.6 is 11.6 Å². The number of hydrogen-bond acceptors (Lipinski definition) is 4. The van der Waals surface area contributed by atoms with Crippen LogP contribution in [0, 0.1) is 13.8 Å². The highest BCUT2D eigenvalue weighted by atomic mass is 35.5. The van der Waals surface area contributed by atoms with E-state index in [1.807, 2.05) is 74.5 Å². The molecule has 0 aromatic heterocycles. The summed E-state index contributed by atoms with van der Waals surface area (Å²) in [5.74, 6) is -0.985. The van der Waals surface area contributed by atoms with Crippen LogP contribution in [0.5, 0.6) is 5.75 Å². The van der Waals surface area contributed by atoms with Crippen LogP contribution in [-0.4, -0.2) is 18.0 Å². The van der Waals surface area contributed by atoms with E-state index >= 15 is 0 Å². The van der Waals surface area contributed by atoms with Gasteiger partial charge in [0.1, 0.15) is 12.4 Å². The molecular formula is C24H22ClN3O3. The number of anilines is 1. The minimum Gasteiger partial charge on any atom is -0.489 e. The molecule has 0 saturated carbocycles. The third kappa shape index (κ3) is 6.42. The molecule has 3 rings (SSSR count). The van der Waals surface area contributed by atoms with Crippen LogP contribution in [0.3, 0.4) is 0 Å². The number of hydrogen-bond donors (Lipinski definition) is 2. The summed E-state index contributed by atoms with van der Waals surface area (Å²) in [6.45, 7) is 4.12. The summed E-state index contributed by atoms with van der Waals surface area (Å²) >= 11 is 5.88. The lowest BCUT2D eigenvalue weighted by molar-refractivity contribution is -0.136. The van der Waals surface area contributed by atoms with Gasteiger partial charge in [-0.3, -0.25) is 9.59 Å². The van der Waals surface area contributed by atoms with E-state index in [4.69, 9.17) is 16.3 Å². The second-order valence-corrected chi connectivity index (χ2v) is 7.34. The lowest BCUT2D eigenvalue weighted by atomic mass is 10.1. The summed E-state index contributed by atoms with van der Waals surface area (Å²) < 4.78 is 5.77. The average Bonchev–Trinajstić information content (AvgIpc) is 2.76. The number of ether oxygens (including phenoxy) is 1. The predicted molar refractivity (Wildman–Crippen MR) is 123 cm³/mol. The SMILES string of the molecule is Cc1cccc(C)c1NC(=O)C(=O)N/N=C\c1cccc(OCc2ccc(Cl)cc2)c1. The number of hydrazone groups is 1. The third-order valence-electron chi connectivity index (χ3n) is 4.48. The predicted octanol–water partition coefficient (Wildman–Crippen LogP) is 4.62. The number of carbonyl (C=O) groups excluding carboxylic acids is 2. The maximum atomic E-state index is 12.1. The Morgan fingerprint density at radius 2 is 1.65 bits per heavy atom. The minimum absolute atomic E-state index is 0.396. The van der Waals surface area contributed by atoms with Gasteiger partial charge in [0.2, 0.25) is 0 Å². The summed E-state index contributed by atoms with van der Waals surface area (Å²) in [6, 6.07) is 20.2. The molecule has 0 atom stereocenters. The summed E-state index contributed by atoms with van der Waals surface area (Å²) in [5.41, 5.74) is 6.31. The maximum Gasteiger partial charge on any atom is 0.329 e. The van der Waals surface area contributed by atoms with Gasteiger partial charge in [-0.25, -0.2) is 5.43 Å². The number of rotatable bonds is 6. The molecule has 0 unspecified atom stereocenters. The van der Waals surface area contributed by atoms with E-state index in [2.05, 4.69) is 15.8 Å². The van der Waals surface area contributed by atoms with Crippen molar-refractivity contribution >= 4 is 35.3 Å². The third-order valence-corrected chi connectivity index (χ3v) is 4.73. The molecule has 3 aromatic carbocycles. The van der Waals surface area contributed by atoms with Crippen LogP contribution in [0.2, 0.25) is 5.02 Å². The van der Waals surface area contributed by atoms with Crippen LogP contribution in [-0.2, 0) is 16.2 Å². The van der Waals surface area contributed by atoms with Gasteiger partial charge in [0, 0.05) is 10.7 Å². The molecular weight excluding hydrogens is 414 g/mol. The fourth-order valence-corrected chi connectivity index (χ4v) is 2.96. The first-order chi connectivity index (χ1) is 14.9. The summed E-state index contributed by atoms with van der Waals surface area (Å²) in [6.07, 6.45) is 1.44. The van der Waals surface area contributed by atoms with Crippen molar-refractivity contribution in [2.45, 2.75) is 20.5 Å². The number of nitrogens with zero attached hydrogens (tertiary/aromatic N) is 1. The van der Waals surface area contributed by atoms with Gasteiger partial charge in [0.15, 0.2) is 0 Å². The minimum atomic E-state index is -0.853. The zero-order chi connectivity index (χ0) is 22.2. The lowest BCUT2D eigenvalue weighted by Gasteiger charge is -2.10. The van der Waals surface area contributed by atoms with Crippen LogP contribution < -0.4 is 15.5 Å². The van der Waals surface area contributed by atoms with Gasteiger partial charge in [-0.1, -0.05) is 54.1 Å². The second kappa shape index (κ2) is 10.4. The number of carbonyl (C=O) groups is 2. The maximum absolute atomic E-state index is 12.1. The molecule has 2 N–H and O–H groups in total. The number of nitrogens with one attached hydrogen (secondary N) is 2. The van der Waals surface area contributed by atoms with Crippen molar-refractivity contribution < 1.29 is 14.3 Å². The number of benzene rings is 3. The molecule has 0 fully saturated rings. The quantitative estimate of drug-likeness (QED) is 0.336. The zero-order valence-corrected chi connectivity index (χ0v) is 17.9. The summed E-state index contributed by atoms with van der Waals surface area (Å²) in [7, 11) is 0. The van der Waals surface area contributed by atoms with Crippen molar-refractivity contribution in [3.8, 4) is 5.75 Å². The van der Waals surface area contributed by atoms with E-state index < -0.39 is 11.8 Å². The Morgan fingerprint density at radius 3 is 2.35 bits per heavy atom. The smallest absolute Gasteiger partial charge is 0.329 e. The van der Waals surface area contributed by atoms with Crippen LogP contribution in [0.15, 0.2) is 71.8 Å². The van der Waals surface area contributed by atoms with Crippen molar-refractivity contribution in [3.63, 3.8) is 0 Å². The highest BCUT2D eigenvalue weighted by molar-refractivity contribution is 6.39. The van der Waals surface area contributed by atoms with Gasteiger partial charge in [-0.15, -0.1) is 0 Å². The molecule has 31 heavy (non-hydrogen) atoms. The molecule has 0 spiro atoms. The molecule has 7 heteroatoms. The first-order valence-electron chi connectivity index (χ1n) is 9.60. The van der Waals surface area contributed by atoms with Gasteiger partial charge in [0.05, 0.1) is 6.21 Å². The van der Waals surface area contributed by atoms with Crippen LogP contribution in [0.25, 0.3) is 0 Å². The number of amides is 2. The molecule has 0 saturated heterocycles. The van der Waals surface area contributed by atoms with Gasteiger partial charge in [-0.2, -0.15) is 5.10 Å². The molecule has 0 bridgehead atoms. The molecule has 0 aliphatic rings. The van der Waals surface area contributed by atoms with E-state index in [1.54, 1.807) is 6.07 Å². The summed E-state index contributed by atoms with van der Waals surface area (Å²) in [4.78, 5) is 24.2. The summed E-state index contributed by atoms with van der Waals surface area (Å²) in [5, 5.41) is 7.15. The fraction of sp³-hybridized carbons (Fsp3) is 0.125. The number of aryl methyl sites for hydroxylation is 2. The topological polar surface area (TPSA) is 79.8 Å². The van der Waals surface area contributed by atoms with Gasteiger partial charge < -0.3 is 10.1 Å². The van der Waals surface area contributed by atoms with Gasteiger partial charge >= 0.3 is 11.8 Å². The van der Waals surface area contributed by atoms with Crippen molar-refractivity contribution in [1.82, 2.24) is 5.43 Å². The van der Waals surface area contributed by atoms with Crippen molar-refractivity contribution in [3.05, 3.63) is 94.0 Å². The van der Waals surface area contributed by atoms with Crippen molar-refractivity contribution in [2.24, 2.45) is 5.10 Å². The Labute approximate surface area is 185 Å². The lowest BCUT2D eigenvalue weighted by Crippen LogP contribution is -2.32. The van der Waals surface area contributed by atoms with Crippen LogP contribution in [0.4, 0.5) is 5.69 Å². The molecule has 158 valence electrons. The molecule has 0 aliphatic carbocycles. The molecule has 0 radical (unpaired) electrons. The zero-order valence-electron chi connectivity index (χ0n) is 17.2. The van der Waals surface area contributed by atoms with E-state index in [0.717, 1.165) is 16.7 Å². The Bertz CT molecular complexity index is 1090. The standard InChI is InChI=1S/C24H22ClN3O3/c1-16-5-3-6-17(2)22(16)27-23(29)24(30)28-26-14-19-7-4-8-21(13-19)31-15-18-9-11-20(25)12-10-18/h3-14H,15H2,1-2H3,(H,27,29)(H,28,30)/b26-14-. The van der Waals surface area contributed by atoms with E-state index in [9.17, 15) is 9.59 Å². The first kappa shape index (κ1) is 22.1. The highest BCUT2D eigenvalue weighted by Gasteiger charge is 2.15. The Hall–Kier alpha value is -3.64. The second-order valence-electron chi connectivity index (χ2n) is 6.91. The van der Waals surface area contributed by atoms with E-state index in [1.165, 1.54) is 6.21 Å². The fourth-order valence-electron chi connectivity index (χ4n) is 2.83. The van der Waals surface area contributed by atoms with E-state index in [-0.39, 0.29) is 0 Å².